The quantitative estimate of drug-likeness (QED) is 0.855. The maximum atomic E-state index is 13.2. The first-order valence-electron chi connectivity index (χ1n) is 8.18. The highest BCUT2D eigenvalue weighted by atomic mass is 19.1. The van der Waals surface area contributed by atoms with Gasteiger partial charge in [0.15, 0.2) is 0 Å². The van der Waals surface area contributed by atoms with Gasteiger partial charge < -0.3 is 10.0 Å². The van der Waals surface area contributed by atoms with Gasteiger partial charge in [0, 0.05) is 25.1 Å². The van der Waals surface area contributed by atoms with Crippen LogP contribution in [-0.4, -0.2) is 45.4 Å². The molecule has 0 aliphatic carbocycles. The molecule has 1 aromatic heterocycles. The Kier molecular flexibility index (Phi) is 5.64. The van der Waals surface area contributed by atoms with E-state index in [1.54, 1.807) is 18.2 Å². The number of carbonyl (C=O) groups is 2. The van der Waals surface area contributed by atoms with Gasteiger partial charge in [-0.1, -0.05) is 20.8 Å². The van der Waals surface area contributed by atoms with Crippen LogP contribution < -0.4 is 5.32 Å². The molecule has 0 saturated carbocycles. The standard InChI is InChI=1S/C18H23FN4O3/c1-18(2,3)14-11-15(20-17(26)22(4)10-9-16(24)25)23(21-14)13-7-5-12(19)6-8-13/h5-8,11H,9-10H2,1-4H3,(H,20,26)(H,24,25). The normalized spacial score (nSPS) is 11.3. The number of aromatic nitrogens is 2. The van der Waals surface area contributed by atoms with Crippen molar-refractivity contribution in [2.45, 2.75) is 32.6 Å². The fourth-order valence-electron chi connectivity index (χ4n) is 2.19. The minimum absolute atomic E-state index is 0.0813. The number of benzene rings is 1. The lowest BCUT2D eigenvalue weighted by Gasteiger charge is -2.17. The number of rotatable bonds is 5. The summed E-state index contributed by atoms with van der Waals surface area (Å²) in [5, 5.41) is 16.0. The largest absolute Gasteiger partial charge is 0.481 e. The first-order valence-corrected chi connectivity index (χ1v) is 8.18. The first kappa shape index (κ1) is 19.4. The van der Waals surface area contributed by atoms with Crippen LogP contribution in [0.25, 0.3) is 5.69 Å². The number of hydrogen-bond acceptors (Lipinski definition) is 3. The van der Waals surface area contributed by atoms with Gasteiger partial charge in [0.25, 0.3) is 0 Å². The molecule has 8 heteroatoms. The second-order valence-corrected chi connectivity index (χ2v) is 7.05. The third-order valence-electron chi connectivity index (χ3n) is 3.79. The Labute approximate surface area is 151 Å². The van der Waals surface area contributed by atoms with Crippen LogP contribution in [0.3, 0.4) is 0 Å². The van der Waals surface area contributed by atoms with Crippen LogP contribution in [0.5, 0.6) is 0 Å². The molecule has 0 spiro atoms. The second-order valence-electron chi connectivity index (χ2n) is 7.05. The van der Waals surface area contributed by atoms with E-state index in [-0.39, 0.29) is 24.2 Å². The summed E-state index contributed by atoms with van der Waals surface area (Å²) in [6.07, 6.45) is -0.144. The van der Waals surface area contributed by atoms with Crippen LogP contribution in [0.15, 0.2) is 30.3 Å². The molecule has 26 heavy (non-hydrogen) atoms. The molecule has 2 N–H and O–H groups in total. The van der Waals surface area contributed by atoms with Gasteiger partial charge >= 0.3 is 12.0 Å². The lowest BCUT2D eigenvalue weighted by atomic mass is 9.92. The van der Waals surface area contributed by atoms with Crippen molar-refractivity contribution in [3.63, 3.8) is 0 Å². The smallest absolute Gasteiger partial charge is 0.322 e. The molecule has 0 saturated heterocycles. The zero-order valence-corrected chi connectivity index (χ0v) is 15.3. The molecule has 0 aliphatic heterocycles. The number of anilines is 1. The van der Waals surface area contributed by atoms with Gasteiger partial charge in [0.2, 0.25) is 0 Å². The van der Waals surface area contributed by atoms with Crippen LogP contribution in [0.2, 0.25) is 0 Å². The third-order valence-corrected chi connectivity index (χ3v) is 3.79. The molecule has 2 amide bonds. The number of carboxylic acid groups (broad SMARTS) is 1. The number of nitrogens with one attached hydrogen (secondary N) is 1. The Hall–Kier alpha value is -2.90. The van der Waals surface area contributed by atoms with Crippen molar-refractivity contribution in [1.29, 1.82) is 0 Å². The van der Waals surface area contributed by atoms with Gasteiger partial charge in [0.05, 0.1) is 17.8 Å². The molecule has 0 atom stereocenters. The predicted octanol–water partition coefficient (Wildman–Crippen LogP) is 3.25. The molecule has 0 bridgehead atoms. The van der Waals surface area contributed by atoms with Gasteiger partial charge in [-0.3, -0.25) is 10.1 Å². The van der Waals surface area contributed by atoms with Crippen molar-refractivity contribution in [2.75, 3.05) is 18.9 Å². The van der Waals surface area contributed by atoms with Crippen molar-refractivity contribution >= 4 is 17.8 Å². The molecule has 1 heterocycles. The highest BCUT2D eigenvalue weighted by molar-refractivity contribution is 5.89. The lowest BCUT2D eigenvalue weighted by molar-refractivity contribution is -0.137. The average molecular weight is 362 g/mol. The minimum Gasteiger partial charge on any atom is -0.481 e. The van der Waals surface area contributed by atoms with Crippen molar-refractivity contribution < 1.29 is 19.1 Å². The number of nitrogens with zero attached hydrogens (tertiary/aromatic N) is 3. The van der Waals surface area contributed by atoms with Crippen LogP contribution in [0.4, 0.5) is 15.0 Å². The summed E-state index contributed by atoms with van der Waals surface area (Å²) >= 11 is 0. The Balaban J connectivity index is 2.31. The van der Waals surface area contributed by atoms with Crippen molar-refractivity contribution in [1.82, 2.24) is 14.7 Å². The second kappa shape index (κ2) is 7.55. The number of hydrogen-bond donors (Lipinski definition) is 2. The summed E-state index contributed by atoms with van der Waals surface area (Å²) in [5.74, 6) is -0.916. The monoisotopic (exact) mass is 362 g/mol. The van der Waals surface area contributed by atoms with E-state index in [4.69, 9.17) is 5.11 Å². The van der Waals surface area contributed by atoms with Gasteiger partial charge in [-0.15, -0.1) is 0 Å². The summed E-state index contributed by atoms with van der Waals surface area (Å²) in [4.78, 5) is 24.3. The van der Waals surface area contributed by atoms with Gasteiger partial charge in [-0.05, 0) is 24.3 Å². The van der Waals surface area contributed by atoms with Gasteiger partial charge in [0.1, 0.15) is 11.6 Å². The van der Waals surface area contributed by atoms with E-state index in [1.165, 1.54) is 28.8 Å². The number of aliphatic carboxylic acids is 1. The first-order chi connectivity index (χ1) is 12.1. The summed E-state index contributed by atoms with van der Waals surface area (Å²) in [6.45, 7) is 6.07. The lowest BCUT2D eigenvalue weighted by Crippen LogP contribution is -2.33. The molecule has 0 fully saturated rings. The molecule has 0 aliphatic rings. The minimum atomic E-state index is -0.976. The molecule has 1 aromatic carbocycles. The molecule has 7 nitrogen and oxygen atoms in total. The summed E-state index contributed by atoms with van der Waals surface area (Å²) in [6, 6.07) is 7.08. The van der Waals surface area contributed by atoms with Crippen molar-refractivity contribution in [2.24, 2.45) is 0 Å². The fourth-order valence-corrected chi connectivity index (χ4v) is 2.19. The van der Waals surface area contributed by atoms with E-state index in [0.29, 0.717) is 11.5 Å². The predicted molar refractivity (Wildman–Crippen MR) is 96.1 cm³/mol. The number of urea groups is 1. The molecule has 140 valence electrons. The van der Waals surface area contributed by atoms with E-state index >= 15 is 0 Å². The Morgan fingerprint density at radius 1 is 1.27 bits per heavy atom. The Morgan fingerprint density at radius 3 is 2.42 bits per heavy atom. The van der Waals surface area contributed by atoms with Crippen molar-refractivity contribution in [3.05, 3.63) is 41.8 Å². The summed E-state index contributed by atoms with van der Waals surface area (Å²) < 4.78 is 14.7. The average Bonchev–Trinajstić information content (AvgIpc) is 2.97. The van der Waals surface area contributed by atoms with Crippen LogP contribution in [0.1, 0.15) is 32.9 Å². The van der Waals surface area contributed by atoms with E-state index in [9.17, 15) is 14.0 Å². The maximum Gasteiger partial charge on any atom is 0.322 e. The molecular formula is C18H23FN4O3. The zero-order chi connectivity index (χ0) is 19.5. The third kappa shape index (κ3) is 4.81. The van der Waals surface area contributed by atoms with Crippen LogP contribution in [-0.2, 0) is 10.2 Å². The molecule has 2 rings (SSSR count). The zero-order valence-electron chi connectivity index (χ0n) is 15.3. The highest BCUT2D eigenvalue weighted by Crippen LogP contribution is 2.26. The number of carboxylic acids is 1. The van der Waals surface area contributed by atoms with E-state index in [1.807, 2.05) is 20.8 Å². The summed E-state index contributed by atoms with van der Waals surface area (Å²) in [7, 11) is 1.52. The molecular weight excluding hydrogens is 339 g/mol. The Bertz CT molecular complexity index is 794. The van der Waals surface area contributed by atoms with Gasteiger partial charge in [-0.25, -0.2) is 13.9 Å². The number of halogens is 1. The van der Waals surface area contributed by atoms with Crippen molar-refractivity contribution in [3.8, 4) is 5.69 Å². The SMILES string of the molecule is CN(CCC(=O)O)C(=O)Nc1cc(C(C)(C)C)nn1-c1ccc(F)cc1. The van der Waals surface area contributed by atoms with Crippen LogP contribution >= 0.6 is 0 Å². The maximum absolute atomic E-state index is 13.2. The molecule has 0 radical (unpaired) electrons. The van der Waals surface area contributed by atoms with E-state index in [2.05, 4.69) is 10.4 Å². The number of amides is 2. The highest BCUT2D eigenvalue weighted by Gasteiger charge is 2.22. The van der Waals surface area contributed by atoms with E-state index in [0.717, 1.165) is 5.69 Å². The number of carbonyl (C=O) groups excluding carboxylic acids is 1. The fraction of sp³-hybridized carbons (Fsp3) is 0.389. The molecule has 0 unspecified atom stereocenters. The van der Waals surface area contributed by atoms with Crippen LogP contribution in [0, 0.1) is 5.82 Å². The van der Waals surface area contributed by atoms with E-state index < -0.39 is 12.0 Å². The summed E-state index contributed by atoms with van der Waals surface area (Å²) in [5.41, 5.74) is 1.11. The topological polar surface area (TPSA) is 87.5 Å². The Morgan fingerprint density at radius 2 is 1.88 bits per heavy atom. The molecule has 2 aromatic rings. The van der Waals surface area contributed by atoms with Gasteiger partial charge in [-0.2, -0.15) is 5.10 Å².